The Hall–Kier alpha value is -1.49. The number of aryl methyl sites for hydroxylation is 1. The molecule has 0 amide bonds. The lowest BCUT2D eigenvalue weighted by atomic mass is 10.1. The maximum atomic E-state index is 9.18. The molecule has 0 bridgehead atoms. The van der Waals surface area contributed by atoms with Crippen LogP contribution in [0.2, 0.25) is 0 Å². The minimum Gasteiger partial charge on any atom is -0.367 e. The van der Waals surface area contributed by atoms with E-state index in [9.17, 15) is 5.26 Å². The first-order valence-electron chi connectivity index (χ1n) is 5.90. The molecule has 2 nitrogen and oxygen atoms in total. The Labute approximate surface area is 97.5 Å². The molecule has 2 heteroatoms. The van der Waals surface area contributed by atoms with Gasteiger partial charge in [-0.15, -0.1) is 0 Å². The lowest BCUT2D eigenvalue weighted by molar-refractivity contribution is 0.625. The van der Waals surface area contributed by atoms with E-state index >= 15 is 0 Å². The Morgan fingerprint density at radius 1 is 1.38 bits per heavy atom. The molecule has 0 spiro atoms. The molecule has 1 fully saturated rings. The van der Waals surface area contributed by atoms with E-state index in [0.717, 1.165) is 23.7 Å². The molecule has 1 heterocycles. The molecule has 0 aromatic heterocycles. The van der Waals surface area contributed by atoms with E-state index in [1.807, 2.05) is 12.1 Å². The van der Waals surface area contributed by atoms with Crippen molar-refractivity contribution < 1.29 is 0 Å². The minimum atomic E-state index is 0.545. The average Bonchev–Trinajstić information content (AvgIpc) is 2.57. The second-order valence-electron chi connectivity index (χ2n) is 4.93. The summed E-state index contributed by atoms with van der Waals surface area (Å²) in [4.78, 5) is 2.39. The summed E-state index contributed by atoms with van der Waals surface area (Å²) in [5.41, 5.74) is 3.16. The van der Waals surface area contributed by atoms with E-state index < -0.39 is 0 Å². The number of benzene rings is 1. The van der Waals surface area contributed by atoms with Gasteiger partial charge in [0.15, 0.2) is 0 Å². The summed E-state index contributed by atoms with van der Waals surface area (Å²) in [6, 6.07) is 8.82. The number of nitrogens with zero attached hydrogens (tertiary/aromatic N) is 2. The highest BCUT2D eigenvalue weighted by molar-refractivity contribution is 5.65. The quantitative estimate of drug-likeness (QED) is 0.718. The molecule has 2 unspecified atom stereocenters. The van der Waals surface area contributed by atoms with Crippen LogP contribution in [0.4, 0.5) is 5.69 Å². The van der Waals surface area contributed by atoms with E-state index in [1.54, 1.807) is 0 Å². The van der Waals surface area contributed by atoms with E-state index in [2.05, 4.69) is 37.8 Å². The highest BCUT2D eigenvalue weighted by atomic mass is 15.2. The SMILES string of the molecule is Cc1cccc(C#N)c1N1CC(C)CC1C. The molecule has 1 aromatic carbocycles. The zero-order valence-corrected chi connectivity index (χ0v) is 10.2. The van der Waals surface area contributed by atoms with Crippen molar-refractivity contribution in [2.24, 2.45) is 5.92 Å². The van der Waals surface area contributed by atoms with Gasteiger partial charge in [-0.1, -0.05) is 19.1 Å². The second-order valence-corrected chi connectivity index (χ2v) is 4.93. The van der Waals surface area contributed by atoms with Crippen LogP contribution in [-0.4, -0.2) is 12.6 Å². The van der Waals surface area contributed by atoms with Gasteiger partial charge in [-0.2, -0.15) is 5.26 Å². The average molecular weight is 214 g/mol. The Bertz CT molecular complexity index is 431. The van der Waals surface area contributed by atoms with Gasteiger partial charge in [0, 0.05) is 12.6 Å². The number of hydrogen-bond donors (Lipinski definition) is 0. The molecule has 1 aromatic rings. The fourth-order valence-corrected chi connectivity index (χ4v) is 2.74. The van der Waals surface area contributed by atoms with Crippen LogP contribution in [0.1, 0.15) is 31.4 Å². The summed E-state index contributed by atoms with van der Waals surface area (Å²) >= 11 is 0. The number of para-hydroxylation sites is 1. The summed E-state index contributed by atoms with van der Waals surface area (Å²) < 4.78 is 0. The summed E-state index contributed by atoms with van der Waals surface area (Å²) in [6.07, 6.45) is 1.22. The lowest BCUT2D eigenvalue weighted by Gasteiger charge is -2.26. The van der Waals surface area contributed by atoms with Gasteiger partial charge in [0.2, 0.25) is 0 Å². The molecule has 1 aliphatic rings. The van der Waals surface area contributed by atoms with E-state index in [4.69, 9.17) is 0 Å². The summed E-state index contributed by atoms with van der Waals surface area (Å²) in [6.45, 7) is 7.69. The van der Waals surface area contributed by atoms with Gasteiger partial charge < -0.3 is 4.90 Å². The summed E-state index contributed by atoms with van der Waals surface area (Å²) in [5, 5.41) is 9.18. The maximum absolute atomic E-state index is 9.18. The van der Waals surface area contributed by atoms with E-state index in [1.165, 1.54) is 12.0 Å². The van der Waals surface area contributed by atoms with Gasteiger partial charge in [-0.25, -0.2) is 0 Å². The largest absolute Gasteiger partial charge is 0.367 e. The highest BCUT2D eigenvalue weighted by Crippen LogP contribution is 2.33. The van der Waals surface area contributed by atoms with Crippen molar-refractivity contribution in [3.63, 3.8) is 0 Å². The van der Waals surface area contributed by atoms with E-state index in [-0.39, 0.29) is 0 Å². The normalized spacial score (nSPS) is 24.5. The zero-order chi connectivity index (χ0) is 11.7. The third kappa shape index (κ3) is 1.78. The van der Waals surface area contributed by atoms with Crippen molar-refractivity contribution in [3.8, 4) is 6.07 Å². The molecule has 0 N–H and O–H groups in total. The molecule has 0 radical (unpaired) electrons. The first kappa shape index (κ1) is 11.0. The molecule has 0 aliphatic carbocycles. The molecule has 1 aliphatic heterocycles. The monoisotopic (exact) mass is 214 g/mol. The summed E-state index contributed by atoms with van der Waals surface area (Å²) in [5.74, 6) is 0.723. The molecular formula is C14H18N2. The first-order valence-corrected chi connectivity index (χ1v) is 5.90. The number of nitriles is 1. The van der Waals surface area contributed by atoms with Crippen LogP contribution in [0, 0.1) is 24.2 Å². The van der Waals surface area contributed by atoms with Gasteiger partial charge in [-0.3, -0.25) is 0 Å². The topological polar surface area (TPSA) is 27.0 Å². The van der Waals surface area contributed by atoms with Crippen LogP contribution in [0.5, 0.6) is 0 Å². The van der Waals surface area contributed by atoms with Crippen molar-refractivity contribution in [1.29, 1.82) is 5.26 Å². The zero-order valence-electron chi connectivity index (χ0n) is 10.2. The molecule has 0 saturated carbocycles. The van der Waals surface area contributed by atoms with Gasteiger partial charge in [0.05, 0.1) is 11.3 Å². The first-order chi connectivity index (χ1) is 7.63. The summed E-state index contributed by atoms with van der Waals surface area (Å²) in [7, 11) is 0. The molecule has 2 atom stereocenters. The number of anilines is 1. The number of rotatable bonds is 1. The van der Waals surface area contributed by atoms with Crippen LogP contribution in [0.3, 0.4) is 0 Å². The van der Waals surface area contributed by atoms with Crippen molar-refractivity contribution in [2.75, 3.05) is 11.4 Å². The second kappa shape index (κ2) is 4.17. The lowest BCUT2D eigenvalue weighted by Crippen LogP contribution is -2.28. The highest BCUT2D eigenvalue weighted by Gasteiger charge is 2.28. The van der Waals surface area contributed by atoms with Gasteiger partial charge in [0.25, 0.3) is 0 Å². The Morgan fingerprint density at radius 2 is 2.12 bits per heavy atom. The fraction of sp³-hybridized carbons (Fsp3) is 0.500. The third-order valence-electron chi connectivity index (χ3n) is 3.43. The van der Waals surface area contributed by atoms with Crippen LogP contribution in [0.15, 0.2) is 18.2 Å². The Kier molecular flexibility index (Phi) is 2.87. The van der Waals surface area contributed by atoms with Crippen molar-refractivity contribution in [2.45, 2.75) is 33.2 Å². The van der Waals surface area contributed by atoms with Crippen molar-refractivity contribution >= 4 is 5.69 Å². The van der Waals surface area contributed by atoms with Crippen molar-refractivity contribution in [3.05, 3.63) is 29.3 Å². The van der Waals surface area contributed by atoms with Crippen LogP contribution in [-0.2, 0) is 0 Å². The Morgan fingerprint density at radius 3 is 2.69 bits per heavy atom. The van der Waals surface area contributed by atoms with E-state index in [0.29, 0.717) is 6.04 Å². The third-order valence-corrected chi connectivity index (χ3v) is 3.43. The molecule has 16 heavy (non-hydrogen) atoms. The maximum Gasteiger partial charge on any atom is 0.101 e. The predicted molar refractivity (Wildman–Crippen MR) is 66.5 cm³/mol. The standard InChI is InChI=1S/C14H18N2/c1-10-7-12(3)16(9-10)14-11(2)5-4-6-13(14)8-15/h4-6,10,12H,7,9H2,1-3H3. The molecule has 1 saturated heterocycles. The van der Waals surface area contributed by atoms with Crippen LogP contribution < -0.4 is 4.90 Å². The Balaban J connectivity index is 2.44. The smallest absolute Gasteiger partial charge is 0.101 e. The van der Waals surface area contributed by atoms with Gasteiger partial charge in [-0.05, 0) is 37.8 Å². The van der Waals surface area contributed by atoms with Gasteiger partial charge in [0.1, 0.15) is 6.07 Å². The van der Waals surface area contributed by atoms with Crippen LogP contribution in [0.25, 0.3) is 0 Å². The van der Waals surface area contributed by atoms with Crippen LogP contribution >= 0.6 is 0 Å². The predicted octanol–water partition coefficient (Wildman–Crippen LogP) is 3.10. The minimum absolute atomic E-state index is 0.545. The number of hydrogen-bond acceptors (Lipinski definition) is 2. The molecular weight excluding hydrogens is 196 g/mol. The van der Waals surface area contributed by atoms with Gasteiger partial charge >= 0.3 is 0 Å². The fourth-order valence-electron chi connectivity index (χ4n) is 2.74. The van der Waals surface area contributed by atoms with Crippen molar-refractivity contribution in [1.82, 2.24) is 0 Å². The molecule has 84 valence electrons. The molecule has 2 rings (SSSR count).